The van der Waals surface area contributed by atoms with Gasteiger partial charge in [0, 0.05) is 12.7 Å². The number of hydrogen-bond donors (Lipinski definition) is 1. The molecule has 1 N–H and O–H groups in total. The van der Waals surface area contributed by atoms with Crippen LogP contribution in [0.5, 0.6) is 5.75 Å². The van der Waals surface area contributed by atoms with E-state index in [1.165, 1.54) is 12.3 Å². The fraction of sp³-hybridized carbons (Fsp3) is 0.500. The first-order chi connectivity index (χ1) is 9.79. The number of carbonyl (C=O) groups is 1. The fourth-order valence-corrected chi connectivity index (χ4v) is 4.18. The molecule has 0 bridgehead atoms. The lowest BCUT2D eigenvalue weighted by atomic mass is 9.97. The summed E-state index contributed by atoms with van der Waals surface area (Å²) in [4.78, 5) is 11.2. The summed E-state index contributed by atoms with van der Waals surface area (Å²) in [7, 11) is -3.10. The molecule has 0 saturated heterocycles. The van der Waals surface area contributed by atoms with Crippen LogP contribution >= 0.6 is 15.9 Å². The molecule has 2 atom stereocenters. The van der Waals surface area contributed by atoms with E-state index in [9.17, 15) is 18.3 Å². The Hall–Kier alpha value is -1.08. The number of aromatic carboxylic acids is 1. The highest BCUT2D eigenvalue weighted by molar-refractivity contribution is 9.10. The van der Waals surface area contributed by atoms with Crippen LogP contribution in [0.2, 0.25) is 0 Å². The Morgan fingerprint density at radius 3 is 2.71 bits per heavy atom. The first-order valence-electron chi connectivity index (χ1n) is 6.66. The van der Waals surface area contributed by atoms with E-state index in [2.05, 4.69) is 15.9 Å². The van der Waals surface area contributed by atoms with E-state index in [-0.39, 0.29) is 17.4 Å². The number of para-hydroxylation sites is 1. The van der Waals surface area contributed by atoms with Crippen molar-refractivity contribution in [3.8, 4) is 5.75 Å². The standard InChI is InChI=1S/C14H17BrO5S/c1-21(18,19)10-5-2-4-9(8-10)20-13-11(14(16)17)6-3-7-12(13)15/h3,6-7,9-10H,2,4-5,8H2,1H3,(H,16,17). The zero-order valence-corrected chi connectivity index (χ0v) is 14.0. The van der Waals surface area contributed by atoms with Gasteiger partial charge >= 0.3 is 5.97 Å². The van der Waals surface area contributed by atoms with Gasteiger partial charge in [0.1, 0.15) is 27.3 Å². The smallest absolute Gasteiger partial charge is 0.339 e. The minimum absolute atomic E-state index is 0.0749. The van der Waals surface area contributed by atoms with Crippen LogP contribution in [0.25, 0.3) is 0 Å². The van der Waals surface area contributed by atoms with Gasteiger partial charge in [-0.2, -0.15) is 0 Å². The van der Waals surface area contributed by atoms with Gasteiger partial charge in [-0.25, -0.2) is 13.2 Å². The van der Waals surface area contributed by atoms with E-state index in [1.54, 1.807) is 12.1 Å². The topological polar surface area (TPSA) is 80.7 Å². The number of carboxylic acid groups (broad SMARTS) is 1. The van der Waals surface area contributed by atoms with Crippen LogP contribution in [0.15, 0.2) is 22.7 Å². The Labute approximate surface area is 132 Å². The van der Waals surface area contributed by atoms with Gasteiger partial charge < -0.3 is 9.84 Å². The van der Waals surface area contributed by atoms with Crippen LogP contribution in [0.4, 0.5) is 0 Å². The number of benzene rings is 1. The molecule has 21 heavy (non-hydrogen) atoms. The third-order valence-electron chi connectivity index (χ3n) is 3.67. The van der Waals surface area contributed by atoms with E-state index < -0.39 is 21.1 Å². The van der Waals surface area contributed by atoms with Crippen LogP contribution < -0.4 is 4.74 Å². The van der Waals surface area contributed by atoms with Crippen molar-refractivity contribution in [1.82, 2.24) is 0 Å². The third kappa shape index (κ3) is 3.97. The number of halogens is 1. The lowest BCUT2D eigenvalue weighted by Gasteiger charge is -2.29. The molecular formula is C14H17BrO5S. The molecule has 5 nitrogen and oxygen atoms in total. The van der Waals surface area contributed by atoms with Crippen molar-refractivity contribution in [3.63, 3.8) is 0 Å². The molecule has 116 valence electrons. The molecule has 7 heteroatoms. The number of rotatable bonds is 4. The van der Waals surface area contributed by atoms with Gasteiger partial charge in [0.15, 0.2) is 0 Å². The molecule has 1 fully saturated rings. The molecule has 0 aromatic heterocycles. The molecule has 1 aliphatic rings. The summed E-state index contributed by atoms with van der Waals surface area (Å²) >= 11 is 3.29. The minimum Gasteiger partial charge on any atom is -0.488 e. The SMILES string of the molecule is CS(=O)(=O)C1CCCC(Oc2c(Br)cccc2C(=O)O)C1. The Bertz CT molecular complexity index is 641. The lowest BCUT2D eigenvalue weighted by Crippen LogP contribution is -2.33. The summed E-state index contributed by atoms with van der Waals surface area (Å²) in [5, 5.41) is 8.79. The van der Waals surface area contributed by atoms with Gasteiger partial charge in [0.05, 0.1) is 9.72 Å². The van der Waals surface area contributed by atoms with Gasteiger partial charge in [-0.05, 0) is 47.3 Å². The van der Waals surface area contributed by atoms with Crippen LogP contribution in [0.1, 0.15) is 36.0 Å². The highest BCUT2D eigenvalue weighted by atomic mass is 79.9. The molecule has 0 radical (unpaired) electrons. The Morgan fingerprint density at radius 2 is 2.10 bits per heavy atom. The number of sulfone groups is 1. The average molecular weight is 377 g/mol. The van der Waals surface area contributed by atoms with Gasteiger partial charge in [0.25, 0.3) is 0 Å². The highest BCUT2D eigenvalue weighted by Gasteiger charge is 2.31. The lowest BCUT2D eigenvalue weighted by molar-refractivity contribution is 0.0686. The molecule has 2 unspecified atom stereocenters. The second-order valence-electron chi connectivity index (χ2n) is 5.28. The van der Waals surface area contributed by atoms with E-state index in [0.717, 1.165) is 12.8 Å². The maximum absolute atomic E-state index is 11.7. The van der Waals surface area contributed by atoms with E-state index >= 15 is 0 Å². The van der Waals surface area contributed by atoms with Crippen molar-refractivity contribution in [3.05, 3.63) is 28.2 Å². The molecule has 2 rings (SSSR count). The molecule has 1 saturated carbocycles. The zero-order valence-electron chi connectivity index (χ0n) is 11.6. The first-order valence-corrected chi connectivity index (χ1v) is 9.41. The summed E-state index contributed by atoms with van der Waals surface area (Å²) in [5.74, 6) is -0.800. The minimum atomic E-state index is -3.10. The van der Waals surface area contributed by atoms with E-state index in [1.807, 2.05) is 0 Å². The summed E-state index contributed by atoms with van der Waals surface area (Å²) < 4.78 is 29.7. The van der Waals surface area contributed by atoms with E-state index in [0.29, 0.717) is 17.3 Å². The Balaban J connectivity index is 2.21. The quantitative estimate of drug-likeness (QED) is 0.873. The normalized spacial score (nSPS) is 22.8. The van der Waals surface area contributed by atoms with Crippen molar-refractivity contribution in [1.29, 1.82) is 0 Å². The van der Waals surface area contributed by atoms with Gasteiger partial charge in [-0.3, -0.25) is 0 Å². The van der Waals surface area contributed by atoms with Crippen molar-refractivity contribution in [2.45, 2.75) is 37.0 Å². The second-order valence-corrected chi connectivity index (χ2v) is 8.46. The molecule has 0 aliphatic heterocycles. The first kappa shape index (κ1) is 16.3. The third-order valence-corrected chi connectivity index (χ3v) is 5.93. The molecular weight excluding hydrogens is 360 g/mol. The van der Waals surface area contributed by atoms with Crippen LogP contribution in [0, 0.1) is 0 Å². The van der Waals surface area contributed by atoms with Crippen molar-refractivity contribution in [2.75, 3.05) is 6.26 Å². The van der Waals surface area contributed by atoms with Gasteiger partial charge in [-0.1, -0.05) is 6.07 Å². The monoisotopic (exact) mass is 376 g/mol. The molecule has 1 aliphatic carbocycles. The highest BCUT2D eigenvalue weighted by Crippen LogP contribution is 2.33. The second kappa shape index (κ2) is 6.36. The van der Waals surface area contributed by atoms with Gasteiger partial charge in [-0.15, -0.1) is 0 Å². The van der Waals surface area contributed by atoms with Crippen molar-refractivity contribution in [2.24, 2.45) is 0 Å². The number of hydrogen-bond acceptors (Lipinski definition) is 4. The average Bonchev–Trinajstić information content (AvgIpc) is 2.40. The van der Waals surface area contributed by atoms with Crippen LogP contribution in [-0.2, 0) is 9.84 Å². The summed E-state index contributed by atoms with van der Waals surface area (Å²) in [5.41, 5.74) is 0.0749. The zero-order chi connectivity index (χ0) is 15.6. The molecule has 0 heterocycles. The van der Waals surface area contributed by atoms with Crippen molar-refractivity contribution < 1.29 is 23.1 Å². The maximum atomic E-state index is 11.7. The molecule has 0 amide bonds. The summed E-state index contributed by atoms with van der Waals surface area (Å²) in [6, 6.07) is 4.80. The summed E-state index contributed by atoms with van der Waals surface area (Å²) in [6.07, 6.45) is 3.48. The fourth-order valence-electron chi connectivity index (χ4n) is 2.56. The largest absolute Gasteiger partial charge is 0.488 e. The molecule has 1 aromatic carbocycles. The molecule has 1 aromatic rings. The molecule has 0 spiro atoms. The van der Waals surface area contributed by atoms with Crippen LogP contribution in [-0.4, -0.2) is 37.1 Å². The van der Waals surface area contributed by atoms with Gasteiger partial charge in [0.2, 0.25) is 0 Å². The predicted molar refractivity (Wildman–Crippen MR) is 82.6 cm³/mol. The maximum Gasteiger partial charge on any atom is 0.339 e. The number of carboxylic acids is 1. The van der Waals surface area contributed by atoms with Crippen molar-refractivity contribution >= 4 is 31.7 Å². The van der Waals surface area contributed by atoms with Crippen LogP contribution in [0.3, 0.4) is 0 Å². The Kier molecular flexibility index (Phi) is 4.93. The van der Waals surface area contributed by atoms with E-state index in [4.69, 9.17) is 4.74 Å². The summed E-state index contributed by atoms with van der Waals surface area (Å²) in [6.45, 7) is 0. The number of ether oxygens (including phenoxy) is 1. The predicted octanol–water partition coefficient (Wildman–Crippen LogP) is 2.88. The Morgan fingerprint density at radius 1 is 1.38 bits per heavy atom.